The zero-order chi connectivity index (χ0) is 15.8. The van der Waals surface area contributed by atoms with Crippen molar-refractivity contribution in [1.29, 1.82) is 0 Å². The molecule has 3 heterocycles. The molecule has 0 saturated carbocycles. The fraction of sp³-hybridized carbons (Fsp3) is 0.294. The van der Waals surface area contributed by atoms with Gasteiger partial charge in [0.25, 0.3) is 0 Å². The molecule has 0 aliphatic carbocycles. The van der Waals surface area contributed by atoms with Crippen molar-refractivity contribution in [1.82, 2.24) is 20.2 Å². The van der Waals surface area contributed by atoms with Crippen LogP contribution in [0.25, 0.3) is 22.0 Å². The Bertz CT molecular complexity index is 876. The number of carbonyl (C=O) groups excluding carboxylic acids is 1. The second kappa shape index (κ2) is 5.46. The Balaban J connectivity index is 1.82. The van der Waals surface area contributed by atoms with Crippen molar-refractivity contribution >= 4 is 22.5 Å². The number of piperidine rings is 1. The molecule has 1 fully saturated rings. The molecule has 6 heteroatoms. The molecule has 0 amide bonds. The predicted molar refractivity (Wildman–Crippen MR) is 88.3 cm³/mol. The average Bonchev–Trinajstić information content (AvgIpc) is 3.01. The summed E-state index contributed by atoms with van der Waals surface area (Å²) in [5, 5.41) is 8.10. The van der Waals surface area contributed by atoms with Crippen molar-refractivity contribution < 1.29 is 4.79 Å². The average molecular weight is 307 g/mol. The van der Waals surface area contributed by atoms with Gasteiger partial charge in [-0.2, -0.15) is 5.10 Å². The van der Waals surface area contributed by atoms with Gasteiger partial charge in [-0.15, -0.1) is 0 Å². The Hall–Kier alpha value is -2.76. The predicted octanol–water partition coefficient (Wildman–Crippen LogP) is 2.50. The van der Waals surface area contributed by atoms with Crippen LogP contribution in [0.3, 0.4) is 0 Å². The van der Waals surface area contributed by atoms with Gasteiger partial charge in [0.15, 0.2) is 0 Å². The summed E-state index contributed by atoms with van der Waals surface area (Å²) in [4.78, 5) is 22.5. The molecular formula is C17H17N5O. The molecule has 116 valence electrons. The molecule has 1 aliphatic heterocycles. The Morgan fingerprint density at radius 2 is 2.00 bits per heavy atom. The molecule has 3 aromatic rings. The van der Waals surface area contributed by atoms with Gasteiger partial charge in [-0.1, -0.05) is 6.07 Å². The molecule has 4 rings (SSSR count). The minimum atomic E-state index is 0.328. The number of ketones is 1. The minimum absolute atomic E-state index is 0.328. The summed E-state index contributed by atoms with van der Waals surface area (Å²) in [6.45, 7) is 3.43. The van der Waals surface area contributed by atoms with E-state index in [4.69, 9.17) is 0 Å². The number of aryl methyl sites for hydroxylation is 1. The van der Waals surface area contributed by atoms with Gasteiger partial charge in [0.05, 0.1) is 11.2 Å². The highest BCUT2D eigenvalue weighted by molar-refractivity contribution is 5.93. The number of nitrogens with zero attached hydrogens (tertiary/aromatic N) is 4. The van der Waals surface area contributed by atoms with Gasteiger partial charge in [-0.05, 0) is 24.6 Å². The molecule has 1 saturated heterocycles. The number of aromatic nitrogens is 4. The lowest BCUT2D eigenvalue weighted by Gasteiger charge is -2.27. The zero-order valence-electron chi connectivity index (χ0n) is 12.9. The highest BCUT2D eigenvalue weighted by atomic mass is 16.1. The Morgan fingerprint density at radius 3 is 2.74 bits per heavy atom. The maximum absolute atomic E-state index is 11.5. The summed E-state index contributed by atoms with van der Waals surface area (Å²) < 4.78 is 0. The van der Waals surface area contributed by atoms with Gasteiger partial charge < -0.3 is 4.90 Å². The Morgan fingerprint density at radius 1 is 1.17 bits per heavy atom. The van der Waals surface area contributed by atoms with Crippen LogP contribution in [-0.4, -0.2) is 39.0 Å². The normalized spacial score (nSPS) is 15.3. The number of Topliss-reactive ketones (excluding diaryl/α,β-unsaturated/α-hetero) is 1. The quantitative estimate of drug-likeness (QED) is 0.787. The van der Waals surface area contributed by atoms with Crippen LogP contribution in [0, 0.1) is 6.92 Å². The SMILES string of the molecule is Cc1n[nH]cc1-c1ccc2ncnc(N3CCC(=O)CC3)c2c1. The van der Waals surface area contributed by atoms with Crippen LogP contribution in [0.2, 0.25) is 0 Å². The molecule has 1 N–H and O–H groups in total. The number of carbonyl (C=O) groups is 1. The molecule has 2 aromatic heterocycles. The van der Waals surface area contributed by atoms with E-state index in [-0.39, 0.29) is 0 Å². The van der Waals surface area contributed by atoms with Gasteiger partial charge in [-0.25, -0.2) is 9.97 Å². The monoisotopic (exact) mass is 307 g/mol. The molecular weight excluding hydrogens is 290 g/mol. The summed E-state index contributed by atoms with van der Waals surface area (Å²) in [6, 6.07) is 6.17. The lowest BCUT2D eigenvalue weighted by atomic mass is 10.0. The largest absolute Gasteiger partial charge is 0.355 e. The molecule has 0 atom stereocenters. The van der Waals surface area contributed by atoms with Crippen molar-refractivity contribution in [2.75, 3.05) is 18.0 Å². The fourth-order valence-electron chi connectivity index (χ4n) is 3.08. The van der Waals surface area contributed by atoms with Crippen LogP contribution in [0.1, 0.15) is 18.5 Å². The van der Waals surface area contributed by atoms with Crippen LogP contribution in [0.5, 0.6) is 0 Å². The third-order valence-electron chi connectivity index (χ3n) is 4.38. The van der Waals surface area contributed by atoms with Gasteiger partial charge in [-0.3, -0.25) is 9.89 Å². The van der Waals surface area contributed by atoms with E-state index in [2.05, 4.69) is 37.2 Å². The number of hydrogen-bond donors (Lipinski definition) is 1. The molecule has 6 nitrogen and oxygen atoms in total. The molecule has 1 aromatic carbocycles. The van der Waals surface area contributed by atoms with E-state index >= 15 is 0 Å². The van der Waals surface area contributed by atoms with Crippen molar-refractivity contribution in [3.05, 3.63) is 36.4 Å². The number of rotatable bonds is 2. The number of anilines is 1. The van der Waals surface area contributed by atoms with Crippen molar-refractivity contribution in [2.45, 2.75) is 19.8 Å². The van der Waals surface area contributed by atoms with Crippen molar-refractivity contribution in [2.24, 2.45) is 0 Å². The third-order valence-corrected chi connectivity index (χ3v) is 4.38. The van der Waals surface area contributed by atoms with E-state index in [1.165, 1.54) is 0 Å². The molecule has 0 spiro atoms. The Labute approximate surface area is 133 Å². The minimum Gasteiger partial charge on any atom is -0.355 e. The number of fused-ring (bicyclic) bond motifs is 1. The fourth-order valence-corrected chi connectivity index (χ4v) is 3.08. The van der Waals surface area contributed by atoms with Crippen LogP contribution in [-0.2, 0) is 4.79 Å². The van der Waals surface area contributed by atoms with Crippen LogP contribution >= 0.6 is 0 Å². The first-order valence-corrected chi connectivity index (χ1v) is 7.74. The van der Waals surface area contributed by atoms with E-state index in [0.29, 0.717) is 18.6 Å². The second-order valence-electron chi connectivity index (χ2n) is 5.84. The first-order chi connectivity index (χ1) is 11.2. The topological polar surface area (TPSA) is 74.8 Å². The summed E-state index contributed by atoms with van der Waals surface area (Å²) in [6.07, 6.45) is 4.68. The summed E-state index contributed by atoms with van der Waals surface area (Å²) in [5.74, 6) is 1.24. The standard InChI is InChI=1S/C17H17N5O/c1-11-15(9-20-21-11)12-2-3-16-14(8-12)17(19-10-18-16)22-6-4-13(23)5-7-22/h2-3,8-10H,4-7H2,1H3,(H,20,21). The summed E-state index contributed by atoms with van der Waals surface area (Å²) >= 11 is 0. The van der Waals surface area contributed by atoms with Gasteiger partial charge in [0.1, 0.15) is 17.9 Å². The van der Waals surface area contributed by atoms with E-state index in [1.807, 2.05) is 19.2 Å². The number of hydrogen-bond acceptors (Lipinski definition) is 5. The molecule has 0 radical (unpaired) electrons. The second-order valence-corrected chi connectivity index (χ2v) is 5.84. The summed E-state index contributed by atoms with van der Waals surface area (Å²) in [7, 11) is 0. The van der Waals surface area contributed by atoms with Crippen LogP contribution < -0.4 is 4.90 Å². The van der Waals surface area contributed by atoms with Gasteiger partial charge >= 0.3 is 0 Å². The maximum Gasteiger partial charge on any atom is 0.139 e. The van der Waals surface area contributed by atoms with Gasteiger partial charge in [0, 0.05) is 43.1 Å². The molecule has 0 bridgehead atoms. The molecule has 1 aliphatic rings. The van der Waals surface area contributed by atoms with Crippen LogP contribution in [0.15, 0.2) is 30.7 Å². The highest BCUT2D eigenvalue weighted by Gasteiger charge is 2.19. The van der Waals surface area contributed by atoms with E-state index in [1.54, 1.807) is 6.33 Å². The Kier molecular flexibility index (Phi) is 3.29. The molecule has 0 unspecified atom stereocenters. The van der Waals surface area contributed by atoms with E-state index in [9.17, 15) is 4.79 Å². The smallest absolute Gasteiger partial charge is 0.139 e. The number of nitrogens with one attached hydrogen (secondary N) is 1. The first-order valence-electron chi connectivity index (χ1n) is 7.74. The lowest BCUT2D eigenvalue weighted by molar-refractivity contribution is -0.119. The van der Waals surface area contributed by atoms with Gasteiger partial charge in [0.2, 0.25) is 0 Å². The highest BCUT2D eigenvalue weighted by Crippen LogP contribution is 2.30. The third kappa shape index (κ3) is 2.46. The zero-order valence-corrected chi connectivity index (χ0v) is 12.9. The van der Waals surface area contributed by atoms with E-state index in [0.717, 1.165) is 46.6 Å². The lowest BCUT2D eigenvalue weighted by Crippen LogP contribution is -2.34. The maximum atomic E-state index is 11.5. The number of H-pyrrole nitrogens is 1. The van der Waals surface area contributed by atoms with Crippen molar-refractivity contribution in [3.63, 3.8) is 0 Å². The van der Waals surface area contributed by atoms with Crippen LogP contribution in [0.4, 0.5) is 5.82 Å². The number of aromatic amines is 1. The van der Waals surface area contributed by atoms with Crippen molar-refractivity contribution in [3.8, 4) is 11.1 Å². The summed E-state index contributed by atoms with van der Waals surface area (Å²) in [5.41, 5.74) is 4.05. The first kappa shape index (κ1) is 13.9. The van der Waals surface area contributed by atoms with E-state index < -0.39 is 0 Å². The molecule has 23 heavy (non-hydrogen) atoms. The number of benzene rings is 1.